The zero-order valence-electron chi connectivity index (χ0n) is 17.9. The molecule has 4 aliphatic carbocycles. The van der Waals surface area contributed by atoms with E-state index >= 15 is 0 Å². The molecule has 0 aliphatic heterocycles. The minimum absolute atomic E-state index is 0.0192. The molecular weight excluding hydrogens is 368 g/mol. The van der Waals surface area contributed by atoms with Gasteiger partial charge >= 0.3 is 0 Å². The number of ketones is 3. The highest BCUT2D eigenvalue weighted by Gasteiger charge is 2.66. The van der Waals surface area contributed by atoms with Crippen LogP contribution in [0.2, 0.25) is 0 Å². The molecule has 4 rings (SSSR count). The normalized spacial score (nSPS) is 45.3. The Morgan fingerprint density at radius 3 is 2.52 bits per heavy atom. The van der Waals surface area contributed by atoms with Crippen LogP contribution in [0.5, 0.6) is 0 Å². The van der Waals surface area contributed by atoms with Gasteiger partial charge in [-0.15, -0.1) is 0 Å². The number of carbonyl (C=O) groups is 4. The van der Waals surface area contributed by atoms with Gasteiger partial charge in [0, 0.05) is 43.0 Å². The van der Waals surface area contributed by atoms with E-state index in [-0.39, 0.29) is 64.7 Å². The fraction of sp³-hybridized carbons (Fsp3) is 0.833. The number of aliphatic carboxylic acids is 1. The Kier molecular flexibility index (Phi) is 5.02. The van der Waals surface area contributed by atoms with Crippen LogP contribution in [-0.2, 0) is 19.2 Å². The Bertz CT molecular complexity index is 756. The molecule has 29 heavy (non-hydrogen) atoms. The summed E-state index contributed by atoms with van der Waals surface area (Å²) >= 11 is 0. The van der Waals surface area contributed by atoms with E-state index in [1.54, 1.807) is 0 Å². The SMILES string of the molecule is C[C@H](CCC(=O)[O-])[C@H]1CCC2C3C(=O)CC4CC(=O)CC[C@]4(C)C3CC(=O)[C@@]21C. The van der Waals surface area contributed by atoms with Crippen LogP contribution in [0, 0.1) is 46.3 Å². The standard InChI is InChI=1S/C24H34O5/c1-13(4-7-21(28)29)16-5-6-17-22-18(12-20(27)24(16,17)3)23(2)9-8-15(25)10-14(23)11-19(22)26/h13-14,16-18,22H,4-12H2,1-3H3,(H,28,29)/p-1/t13-,14?,16-,17?,18?,22?,23+,24-/m1/s1. The van der Waals surface area contributed by atoms with Crippen LogP contribution in [0.25, 0.3) is 0 Å². The van der Waals surface area contributed by atoms with E-state index in [1.165, 1.54) is 0 Å². The molecule has 0 aromatic rings. The summed E-state index contributed by atoms with van der Waals surface area (Å²) in [6.07, 6.45) is 5.08. The van der Waals surface area contributed by atoms with Gasteiger partial charge in [-0.1, -0.05) is 20.8 Å². The largest absolute Gasteiger partial charge is 0.550 e. The molecule has 5 heteroatoms. The molecule has 0 saturated heterocycles. The number of hydrogen-bond donors (Lipinski definition) is 0. The zero-order valence-corrected chi connectivity index (χ0v) is 17.9. The molecule has 5 nitrogen and oxygen atoms in total. The van der Waals surface area contributed by atoms with Crippen molar-refractivity contribution in [3.63, 3.8) is 0 Å². The molecule has 4 aliphatic rings. The first-order valence-corrected chi connectivity index (χ1v) is 11.4. The molecule has 0 radical (unpaired) electrons. The Morgan fingerprint density at radius 2 is 1.83 bits per heavy atom. The van der Waals surface area contributed by atoms with Crippen molar-refractivity contribution in [2.24, 2.45) is 46.3 Å². The van der Waals surface area contributed by atoms with Crippen molar-refractivity contribution in [2.45, 2.75) is 78.6 Å². The lowest BCUT2D eigenvalue weighted by Crippen LogP contribution is -2.60. The predicted octanol–water partition coefficient (Wildman–Crippen LogP) is 2.74. The average molecular weight is 402 g/mol. The summed E-state index contributed by atoms with van der Waals surface area (Å²) in [4.78, 5) is 49.8. The quantitative estimate of drug-likeness (QED) is 0.722. The van der Waals surface area contributed by atoms with Gasteiger partial charge in [0.1, 0.15) is 17.3 Å². The van der Waals surface area contributed by atoms with Gasteiger partial charge in [-0.05, 0) is 67.1 Å². The van der Waals surface area contributed by atoms with Crippen molar-refractivity contribution >= 4 is 23.3 Å². The second-order valence-corrected chi connectivity index (χ2v) is 10.8. The van der Waals surface area contributed by atoms with E-state index in [0.29, 0.717) is 32.1 Å². The van der Waals surface area contributed by atoms with E-state index in [2.05, 4.69) is 13.8 Å². The Balaban J connectivity index is 1.63. The van der Waals surface area contributed by atoms with E-state index < -0.39 is 11.4 Å². The van der Waals surface area contributed by atoms with Gasteiger partial charge in [0.2, 0.25) is 0 Å². The molecule has 0 N–H and O–H groups in total. The summed E-state index contributed by atoms with van der Waals surface area (Å²) in [5, 5.41) is 10.9. The average Bonchev–Trinajstić information content (AvgIpc) is 3.01. The summed E-state index contributed by atoms with van der Waals surface area (Å²) in [5.74, 6) is 0.130. The number of rotatable bonds is 4. The number of carbonyl (C=O) groups excluding carboxylic acids is 4. The van der Waals surface area contributed by atoms with Crippen LogP contribution in [0.4, 0.5) is 0 Å². The van der Waals surface area contributed by atoms with Crippen LogP contribution in [0.15, 0.2) is 0 Å². The summed E-state index contributed by atoms with van der Waals surface area (Å²) in [6, 6.07) is 0. The first-order valence-electron chi connectivity index (χ1n) is 11.4. The summed E-state index contributed by atoms with van der Waals surface area (Å²) in [6.45, 7) is 6.32. The third-order valence-corrected chi connectivity index (χ3v) is 9.71. The molecule has 8 atom stereocenters. The number of fused-ring (bicyclic) bond motifs is 5. The van der Waals surface area contributed by atoms with Gasteiger partial charge in [-0.3, -0.25) is 14.4 Å². The molecule has 0 heterocycles. The highest BCUT2D eigenvalue weighted by atomic mass is 16.4. The smallest absolute Gasteiger partial charge is 0.139 e. The highest BCUT2D eigenvalue weighted by molar-refractivity contribution is 5.93. The molecule has 0 amide bonds. The second-order valence-electron chi connectivity index (χ2n) is 10.8. The lowest BCUT2D eigenvalue weighted by molar-refractivity contribution is -0.306. The summed E-state index contributed by atoms with van der Waals surface area (Å²) in [5.41, 5.74) is -0.627. The van der Waals surface area contributed by atoms with Gasteiger partial charge in [-0.25, -0.2) is 0 Å². The number of Topliss-reactive ketones (excluding diaryl/α,β-unsaturated/α-hetero) is 3. The Labute approximate surface area is 173 Å². The fourth-order valence-corrected chi connectivity index (χ4v) is 7.94. The minimum atomic E-state index is -1.04. The van der Waals surface area contributed by atoms with Gasteiger partial charge in [0.05, 0.1) is 0 Å². The molecular formula is C24H33O5-. The van der Waals surface area contributed by atoms with Gasteiger partial charge in [0.15, 0.2) is 0 Å². The van der Waals surface area contributed by atoms with Crippen LogP contribution in [-0.4, -0.2) is 23.3 Å². The number of carboxylic acid groups (broad SMARTS) is 1. The van der Waals surface area contributed by atoms with Crippen LogP contribution < -0.4 is 5.11 Å². The van der Waals surface area contributed by atoms with Crippen molar-refractivity contribution < 1.29 is 24.3 Å². The highest BCUT2D eigenvalue weighted by Crippen LogP contribution is 2.66. The topological polar surface area (TPSA) is 91.3 Å². The third kappa shape index (κ3) is 3.02. The van der Waals surface area contributed by atoms with Crippen molar-refractivity contribution in [3.8, 4) is 0 Å². The summed E-state index contributed by atoms with van der Waals surface area (Å²) < 4.78 is 0. The maximum absolute atomic E-state index is 13.6. The molecule has 4 unspecified atom stereocenters. The van der Waals surface area contributed by atoms with E-state index in [0.717, 1.165) is 19.3 Å². The summed E-state index contributed by atoms with van der Waals surface area (Å²) in [7, 11) is 0. The van der Waals surface area contributed by atoms with Crippen molar-refractivity contribution in [3.05, 3.63) is 0 Å². The van der Waals surface area contributed by atoms with Crippen molar-refractivity contribution in [2.75, 3.05) is 0 Å². The van der Waals surface area contributed by atoms with Crippen LogP contribution in [0.3, 0.4) is 0 Å². The molecule has 4 saturated carbocycles. The van der Waals surface area contributed by atoms with E-state index in [1.807, 2.05) is 6.92 Å². The van der Waals surface area contributed by atoms with E-state index in [9.17, 15) is 24.3 Å². The monoisotopic (exact) mass is 401 g/mol. The van der Waals surface area contributed by atoms with E-state index in [4.69, 9.17) is 0 Å². The van der Waals surface area contributed by atoms with Crippen LogP contribution in [0.1, 0.15) is 78.6 Å². The zero-order chi connectivity index (χ0) is 21.1. The Morgan fingerprint density at radius 1 is 1.10 bits per heavy atom. The Hall–Kier alpha value is -1.52. The van der Waals surface area contributed by atoms with Gasteiger partial charge in [0.25, 0.3) is 0 Å². The molecule has 160 valence electrons. The fourth-order valence-electron chi connectivity index (χ4n) is 7.94. The lowest BCUT2D eigenvalue weighted by atomic mass is 9.44. The molecule has 0 bridgehead atoms. The van der Waals surface area contributed by atoms with Crippen molar-refractivity contribution in [1.29, 1.82) is 0 Å². The first-order chi connectivity index (χ1) is 13.6. The maximum Gasteiger partial charge on any atom is 0.139 e. The first kappa shape index (κ1) is 20.7. The van der Waals surface area contributed by atoms with Gasteiger partial charge < -0.3 is 9.90 Å². The lowest BCUT2D eigenvalue weighted by Gasteiger charge is -2.58. The number of carboxylic acids is 1. The third-order valence-electron chi connectivity index (χ3n) is 9.71. The second kappa shape index (κ2) is 7.02. The maximum atomic E-state index is 13.6. The van der Waals surface area contributed by atoms with Crippen LogP contribution >= 0.6 is 0 Å². The van der Waals surface area contributed by atoms with Gasteiger partial charge in [-0.2, -0.15) is 0 Å². The molecule has 0 spiro atoms. The molecule has 0 aromatic heterocycles. The predicted molar refractivity (Wildman–Crippen MR) is 104 cm³/mol. The minimum Gasteiger partial charge on any atom is -0.550 e. The van der Waals surface area contributed by atoms with Crippen molar-refractivity contribution in [1.82, 2.24) is 0 Å². The molecule has 0 aromatic carbocycles. The number of hydrogen-bond acceptors (Lipinski definition) is 5. The molecule has 4 fully saturated rings.